The zero-order valence-corrected chi connectivity index (χ0v) is 4.23. The third kappa shape index (κ3) is 0.420. The molecule has 0 bridgehead atoms. The highest BCUT2D eigenvalue weighted by Gasteiger charge is 2.15. The van der Waals surface area contributed by atoms with Crippen LogP contribution in [0.15, 0.2) is 0 Å². The van der Waals surface area contributed by atoms with Crippen LogP contribution in [0.25, 0.3) is 0 Å². The van der Waals surface area contributed by atoms with E-state index in [1.807, 2.05) is 0 Å². The van der Waals surface area contributed by atoms with Gasteiger partial charge < -0.3 is 0 Å². The van der Waals surface area contributed by atoms with Crippen LogP contribution in [-0.4, -0.2) is 24.8 Å². The summed E-state index contributed by atoms with van der Waals surface area (Å²) < 4.78 is 0. The van der Waals surface area contributed by atoms with Crippen LogP contribution in [0.4, 0.5) is 0 Å². The molecule has 0 aromatic heterocycles. The topological polar surface area (TPSA) is 15.3 Å². The van der Waals surface area contributed by atoms with Crippen LogP contribution in [0, 0.1) is 0 Å². The number of rotatable bonds is 0. The molecule has 2 nitrogen and oxygen atoms in total. The maximum atomic E-state index is 3.18. The molecule has 1 saturated heterocycles. The predicted octanol–water partition coefficient (Wildman–Crippen LogP) is -0.175. The summed E-state index contributed by atoms with van der Waals surface area (Å²) in [7, 11) is 2.10. The molecule has 36 valence electrons. The lowest BCUT2D eigenvalue weighted by Crippen LogP contribution is -2.57. The first kappa shape index (κ1) is 4.09. The molecular formula is C4H10N2. The van der Waals surface area contributed by atoms with Crippen molar-refractivity contribution < 1.29 is 0 Å². The van der Waals surface area contributed by atoms with E-state index in [9.17, 15) is 0 Å². The van der Waals surface area contributed by atoms with Crippen molar-refractivity contribution in [1.29, 1.82) is 0 Å². The molecule has 1 rings (SSSR count). The first-order valence-electron chi connectivity index (χ1n) is 2.24. The maximum absolute atomic E-state index is 3.18. The summed E-state index contributed by atoms with van der Waals surface area (Å²) in [5.74, 6) is 0. The number of nitrogens with zero attached hydrogens (tertiary/aromatic N) is 1. The molecule has 1 aliphatic heterocycles. The number of nitrogens with one attached hydrogen (secondary N) is 1. The molecule has 6 heavy (non-hydrogen) atoms. The van der Waals surface area contributed by atoms with Gasteiger partial charge in [-0.3, -0.25) is 10.2 Å². The van der Waals surface area contributed by atoms with E-state index >= 15 is 0 Å². The Balaban J connectivity index is 2.20. The molecule has 0 saturated carbocycles. The minimum atomic E-state index is 0.616. The Morgan fingerprint density at radius 2 is 2.33 bits per heavy atom. The Hall–Kier alpha value is -0.0800. The summed E-state index contributed by atoms with van der Waals surface area (Å²) in [5.41, 5.74) is 0. The van der Waals surface area contributed by atoms with Crippen molar-refractivity contribution in [2.24, 2.45) is 0 Å². The zero-order chi connectivity index (χ0) is 4.57. The van der Waals surface area contributed by atoms with Gasteiger partial charge in [-0.1, -0.05) is 0 Å². The lowest BCUT2D eigenvalue weighted by atomic mass is 10.4. The van der Waals surface area contributed by atoms with Gasteiger partial charge in [-0.2, -0.15) is 0 Å². The minimum absolute atomic E-state index is 0.616. The molecule has 0 amide bonds. The van der Waals surface area contributed by atoms with Gasteiger partial charge in [0.25, 0.3) is 0 Å². The molecule has 0 aromatic carbocycles. The summed E-state index contributed by atoms with van der Waals surface area (Å²) in [6.07, 6.45) is 0.616. The van der Waals surface area contributed by atoms with Crippen LogP contribution in [0.3, 0.4) is 0 Å². The molecule has 0 aliphatic carbocycles. The van der Waals surface area contributed by atoms with E-state index < -0.39 is 0 Å². The molecule has 0 radical (unpaired) electrons. The minimum Gasteiger partial charge on any atom is -0.289 e. The molecule has 0 spiro atoms. The number of hydrogen-bond donors (Lipinski definition) is 1. The molecular weight excluding hydrogens is 76.1 g/mol. The van der Waals surface area contributed by atoms with Crippen molar-refractivity contribution in [3.63, 3.8) is 0 Å². The van der Waals surface area contributed by atoms with E-state index in [0.717, 1.165) is 6.67 Å². The normalized spacial score (nSPS) is 36.0. The Morgan fingerprint density at radius 1 is 1.83 bits per heavy atom. The summed E-state index contributed by atoms with van der Waals surface area (Å²) in [6.45, 7) is 3.20. The van der Waals surface area contributed by atoms with Crippen LogP contribution in [0.1, 0.15) is 6.92 Å². The van der Waals surface area contributed by atoms with Crippen molar-refractivity contribution in [2.75, 3.05) is 13.7 Å². The lowest BCUT2D eigenvalue weighted by Gasteiger charge is -2.36. The van der Waals surface area contributed by atoms with Crippen LogP contribution in [-0.2, 0) is 0 Å². The predicted molar refractivity (Wildman–Crippen MR) is 25.2 cm³/mol. The van der Waals surface area contributed by atoms with Crippen molar-refractivity contribution in [1.82, 2.24) is 10.2 Å². The highest BCUT2D eigenvalue weighted by Crippen LogP contribution is 1.96. The Kier molecular flexibility index (Phi) is 0.821. The first-order valence-corrected chi connectivity index (χ1v) is 2.24. The van der Waals surface area contributed by atoms with Crippen LogP contribution in [0.5, 0.6) is 0 Å². The van der Waals surface area contributed by atoms with Gasteiger partial charge >= 0.3 is 0 Å². The van der Waals surface area contributed by atoms with Crippen molar-refractivity contribution in [3.8, 4) is 0 Å². The fourth-order valence-electron chi connectivity index (χ4n) is 0.456. The van der Waals surface area contributed by atoms with E-state index in [1.54, 1.807) is 0 Å². The quantitative estimate of drug-likeness (QED) is 0.440. The van der Waals surface area contributed by atoms with Gasteiger partial charge in [-0.05, 0) is 14.0 Å². The van der Waals surface area contributed by atoms with Gasteiger partial charge in [0.05, 0.1) is 12.8 Å². The second kappa shape index (κ2) is 1.21. The van der Waals surface area contributed by atoms with E-state index in [-0.39, 0.29) is 0 Å². The fourth-order valence-corrected chi connectivity index (χ4v) is 0.456. The summed E-state index contributed by atoms with van der Waals surface area (Å²) in [5, 5.41) is 3.18. The summed E-state index contributed by atoms with van der Waals surface area (Å²) >= 11 is 0. The van der Waals surface area contributed by atoms with Gasteiger partial charge in [0.15, 0.2) is 0 Å². The molecule has 1 fully saturated rings. The van der Waals surface area contributed by atoms with E-state index in [4.69, 9.17) is 0 Å². The Labute approximate surface area is 38.1 Å². The first-order chi connectivity index (χ1) is 2.80. The van der Waals surface area contributed by atoms with E-state index in [2.05, 4.69) is 24.2 Å². The highest BCUT2D eigenvalue weighted by molar-refractivity contribution is 4.67. The van der Waals surface area contributed by atoms with Gasteiger partial charge in [-0.15, -0.1) is 0 Å². The van der Waals surface area contributed by atoms with E-state index in [0.29, 0.717) is 6.17 Å². The summed E-state index contributed by atoms with van der Waals surface area (Å²) in [6, 6.07) is 0. The molecule has 1 atom stereocenters. The van der Waals surface area contributed by atoms with Crippen molar-refractivity contribution in [3.05, 3.63) is 0 Å². The smallest absolute Gasteiger partial charge is 0.0586 e. The third-order valence-electron chi connectivity index (χ3n) is 1.30. The molecule has 1 aliphatic rings. The van der Waals surface area contributed by atoms with Crippen LogP contribution >= 0.6 is 0 Å². The average molecular weight is 86.1 g/mol. The second-order valence-electron chi connectivity index (χ2n) is 1.80. The lowest BCUT2D eigenvalue weighted by molar-refractivity contribution is 0.0945. The van der Waals surface area contributed by atoms with E-state index in [1.165, 1.54) is 0 Å². The average Bonchev–Trinajstić information content (AvgIpc) is 1.61. The standard InChI is InChI=1S/C4H10N2/c1-4-5-3-6(4)2/h4-5H,3H2,1-2H3. The number of hydrogen-bond acceptors (Lipinski definition) is 2. The Bertz CT molecular complexity index is 45.5. The molecule has 2 heteroatoms. The maximum Gasteiger partial charge on any atom is 0.0586 e. The SMILES string of the molecule is CC1NCN1C. The Morgan fingerprint density at radius 3 is 2.33 bits per heavy atom. The van der Waals surface area contributed by atoms with Crippen LogP contribution in [0.2, 0.25) is 0 Å². The van der Waals surface area contributed by atoms with Crippen molar-refractivity contribution >= 4 is 0 Å². The largest absolute Gasteiger partial charge is 0.289 e. The van der Waals surface area contributed by atoms with Crippen LogP contribution < -0.4 is 5.32 Å². The molecule has 1 unspecified atom stereocenters. The molecule has 0 aromatic rings. The van der Waals surface area contributed by atoms with Gasteiger partial charge in [-0.25, -0.2) is 0 Å². The third-order valence-corrected chi connectivity index (χ3v) is 1.30. The monoisotopic (exact) mass is 86.1 g/mol. The second-order valence-corrected chi connectivity index (χ2v) is 1.80. The van der Waals surface area contributed by atoms with Gasteiger partial charge in [0, 0.05) is 0 Å². The molecule has 1 heterocycles. The van der Waals surface area contributed by atoms with Crippen molar-refractivity contribution in [2.45, 2.75) is 13.1 Å². The summed E-state index contributed by atoms with van der Waals surface area (Å²) in [4.78, 5) is 2.24. The molecule has 1 N–H and O–H groups in total. The zero-order valence-electron chi connectivity index (χ0n) is 4.23. The van der Waals surface area contributed by atoms with Gasteiger partial charge in [0.2, 0.25) is 0 Å². The highest BCUT2D eigenvalue weighted by atomic mass is 15.4. The fraction of sp³-hybridized carbons (Fsp3) is 1.00. The van der Waals surface area contributed by atoms with Gasteiger partial charge in [0.1, 0.15) is 0 Å².